The van der Waals surface area contributed by atoms with Gasteiger partial charge in [-0.15, -0.1) is 0 Å². The van der Waals surface area contributed by atoms with Crippen LogP contribution in [-0.2, 0) is 19.5 Å². The fraction of sp³-hybridized carbons (Fsp3) is 0.571. The van der Waals surface area contributed by atoms with E-state index in [9.17, 15) is 8.42 Å². The van der Waals surface area contributed by atoms with E-state index < -0.39 is 15.8 Å². The van der Waals surface area contributed by atoms with Gasteiger partial charge in [0.15, 0.2) is 5.79 Å². The number of rotatable bonds is 2. The number of ether oxygens (including phenoxy) is 2. The molecule has 3 rings (SSSR count). The van der Waals surface area contributed by atoms with E-state index in [0.717, 1.165) is 0 Å². The number of hydrogen-bond donors (Lipinski definition) is 0. The summed E-state index contributed by atoms with van der Waals surface area (Å²) in [6.07, 6.45) is 0. The van der Waals surface area contributed by atoms with Crippen molar-refractivity contribution >= 4 is 21.6 Å². The van der Waals surface area contributed by atoms with Gasteiger partial charge < -0.3 is 9.47 Å². The smallest absolute Gasteiger partial charge is 0.243 e. The molecule has 5 nitrogen and oxygen atoms in total. The minimum Gasteiger partial charge on any atom is -0.350 e. The van der Waals surface area contributed by atoms with Gasteiger partial charge in [0.1, 0.15) is 0 Å². The van der Waals surface area contributed by atoms with Crippen LogP contribution in [0.4, 0.5) is 0 Å². The van der Waals surface area contributed by atoms with Crippen LogP contribution in [-0.4, -0.2) is 44.8 Å². The van der Waals surface area contributed by atoms with Gasteiger partial charge in [-0.05, 0) is 32.0 Å². The first-order valence-corrected chi connectivity index (χ1v) is 8.58. The molecule has 0 bridgehead atoms. The van der Waals surface area contributed by atoms with Crippen molar-refractivity contribution in [2.24, 2.45) is 5.41 Å². The monoisotopic (exact) mass is 331 g/mol. The lowest BCUT2D eigenvalue weighted by Crippen LogP contribution is -2.65. The Morgan fingerprint density at radius 3 is 2.38 bits per heavy atom. The predicted molar refractivity (Wildman–Crippen MR) is 78.6 cm³/mol. The predicted octanol–water partition coefficient (Wildman–Crippen LogP) is 2.11. The Labute approximate surface area is 129 Å². The number of halogens is 1. The Kier molecular flexibility index (Phi) is 3.58. The van der Waals surface area contributed by atoms with E-state index in [4.69, 9.17) is 21.1 Å². The normalized spacial score (nSPS) is 24.7. The molecule has 1 aromatic rings. The lowest BCUT2D eigenvalue weighted by molar-refractivity contribution is -0.299. The quantitative estimate of drug-likeness (QED) is 0.833. The third-order valence-electron chi connectivity index (χ3n) is 3.91. The van der Waals surface area contributed by atoms with Crippen LogP contribution in [0.15, 0.2) is 29.2 Å². The van der Waals surface area contributed by atoms with Crippen LogP contribution in [0.2, 0.25) is 5.02 Å². The maximum atomic E-state index is 12.5. The van der Waals surface area contributed by atoms with Crippen LogP contribution in [0.1, 0.15) is 13.8 Å². The highest BCUT2D eigenvalue weighted by molar-refractivity contribution is 7.89. The minimum atomic E-state index is -3.49. The SMILES string of the molecule is CC1(C)OCC2(CO1)CN(S(=O)(=O)c1cccc(Cl)c1)C2. The zero-order valence-corrected chi connectivity index (χ0v) is 13.6. The summed E-state index contributed by atoms with van der Waals surface area (Å²) < 4.78 is 37.7. The number of nitrogens with zero attached hydrogens (tertiary/aromatic N) is 1. The standard InChI is InChI=1S/C14H18ClNO4S/c1-13(2)19-9-14(10-20-13)7-16(8-14)21(17,18)12-5-3-4-11(15)6-12/h3-6H,7-10H2,1-2H3. The molecule has 2 saturated heterocycles. The number of benzene rings is 1. The number of hydrogen-bond acceptors (Lipinski definition) is 4. The number of sulfonamides is 1. The molecule has 0 aromatic heterocycles. The molecule has 1 spiro atoms. The lowest BCUT2D eigenvalue weighted by Gasteiger charge is -2.53. The second-order valence-corrected chi connectivity index (χ2v) is 8.58. The molecule has 2 fully saturated rings. The fourth-order valence-electron chi connectivity index (χ4n) is 2.57. The average Bonchev–Trinajstić information content (AvgIpc) is 2.36. The van der Waals surface area contributed by atoms with Gasteiger partial charge in [-0.3, -0.25) is 0 Å². The molecule has 0 amide bonds. The van der Waals surface area contributed by atoms with E-state index in [2.05, 4.69) is 0 Å². The van der Waals surface area contributed by atoms with Gasteiger partial charge in [0.05, 0.1) is 18.1 Å². The molecule has 0 N–H and O–H groups in total. The second kappa shape index (κ2) is 4.93. The van der Waals surface area contributed by atoms with Gasteiger partial charge >= 0.3 is 0 Å². The van der Waals surface area contributed by atoms with Gasteiger partial charge in [0, 0.05) is 23.5 Å². The van der Waals surface area contributed by atoms with Crippen molar-refractivity contribution in [3.05, 3.63) is 29.3 Å². The van der Waals surface area contributed by atoms with Crippen molar-refractivity contribution in [2.45, 2.75) is 24.5 Å². The van der Waals surface area contributed by atoms with E-state index in [1.807, 2.05) is 13.8 Å². The van der Waals surface area contributed by atoms with E-state index in [-0.39, 0.29) is 10.3 Å². The first-order valence-electron chi connectivity index (χ1n) is 6.76. The summed E-state index contributed by atoms with van der Waals surface area (Å²) in [6, 6.07) is 6.32. The summed E-state index contributed by atoms with van der Waals surface area (Å²) in [5, 5.41) is 0.414. The Hall–Kier alpha value is -0.660. The van der Waals surface area contributed by atoms with Gasteiger partial charge in [0.25, 0.3) is 0 Å². The van der Waals surface area contributed by atoms with E-state index >= 15 is 0 Å². The molecule has 21 heavy (non-hydrogen) atoms. The first-order chi connectivity index (χ1) is 9.73. The molecular formula is C14H18ClNO4S. The summed E-state index contributed by atoms with van der Waals surface area (Å²) in [5.41, 5.74) is -0.221. The third kappa shape index (κ3) is 2.83. The zero-order chi connectivity index (χ0) is 15.3. The van der Waals surface area contributed by atoms with Crippen LogP contribution in [0.3, 0.4) is 0 Å². The van der Waals surface area contributed by atoms with Crippen LogP contribution in [0.25, 0.3) is 0 Å². The molecule has 7 heteroatoms. The lowest BCUT2D eigenvalue weighted by atomic mass is 9.82. The van der Waals surface area contributed by atoms with Gasteiger partial charge in [0.2, 0.25) is 10.0 Å². The highest BCUT2D eigenvalue weighted by Gasteiger charge is 2.52. The van der Waals surface area contributed by atoms with Gasteiger partial charge in [-0.2, -0.15) is 4.31 Å². The summed E-state index contributed by atoms with van der Waals surface area (Å²) in [4.78, 5) is 0.225. The van der Waals surface area contributed by atoms with Crippen molar-refractivity contribution in [3.63, 3.8) is 0 Å². The fourth-order valence-corrected chi connectivity index (χ4v) is 4.54. The third-order valence-corrected chi connectivity index (χ3v) is 5.93. The topological polar surface area (TPSA) is 55.8 Å². The summed E-state index contributed by atoms with van der Waals surface area (Å²) in [7, 11) is -3.49. The van der Waals surface area contributed by atoms with Crippen LogP contribution in [0.5, 0.6) is 0 Å². The molecular weight excluding hydrogens is 314 g/mol. The van der Waals surface area contributed by atoms with Crippen LogP contribution in [0, 0.1) is 5.41 Å². The highest BCUT2D eigenvalue weighted by Crippen LogP contribution is 2.40. The molecule has 0 unspecified atom stereocenters. The minimum absolute atomic E-state index is 0.221. The summed E-state index contributed by atoms with van der Waals surface area (Å²) >= 11 is 5.87. The molecule has 0 atom stereocenters. The van der Waals surface area contributed by atoms with Crippen LogP contribution < -0.4 is 0 Å². The molecule has 2 aliphatic rings. The van der Waals surface area contributed by atoms with Crippen LogP contribution >= 0.6 is 11.6 Å². The molecule has 1 aromatic carbocycles. The zero-order valence-electron chi connectivity index (χ0n) is 12.0. The average molecular weight is 332 g/mol. The Balaban J connectivity index is 1.71. The van der Waals surface area contributed by atoms with Gasteiger partial charge in [-0.1, -0.05) is 17.7 Å². The van der Waals surface area contributed by atoms with E-state index in [0.29, 0.717) is 31.3 Å². The molecule has 0 saturated carbocycles. The molecule has 116 valence electrons. The molecule has 0 aliphatic carbocycles. The van der Waals surface area contributed by atoms with E-state index in [1.165, 1.54) is 10.4 Å². The molecule has 0 radical (unpaired) electrons. The summed E-state index contributed by atoms with van der Waals surface area (Å²) in [6.45, 7) is 5.58. The largest absolute Gasteiger partial charge is 0.350 e. The summed E-state index contributed by atoms with van der Waals surface area (Å²) in [5.74, 6) is -0.586. The van der Waals surface area contributed by atoms with Crippen molar-refractivity contribution in [1.82, 2.24) is 4.31 Å². The van der Waals surface area contributed by atoms with Crippen molar-refractivity contribution in [1.29, 1.82) is 0 Å². The maximum absolute atomic E-state index is 12.5. The Morgan fingerprint density at radius 1 is 1.19 bits per heavy atom. The van der Waals surface area contributed by atoms with Crippen molar-refractivity contribution in [3.8, 4) is 0 Å². The maximum Gasteiger partial charge on any atom is 0.243 e. The Bertz CT molecular complexity index is 641. The first kappa shape index (κ1) is 15.2. The van der Waals surface area contributed by atoms with E-state index in [1.54, 1.807) is 18.2 Å². The Morgan fingerprint density at radius 2 is 1.81 bits per heavy atom. The molecule has 2 aliphatic heterocycles. The highest BCUT2D eigenvalue weighted by atomic mass is 35.5. The van der Waals surface area contributed by atoms with Crippen molar-refractivity contribution in [2.75, 3.05) is 26.3 Å². The molecule has 2 heterocycles. The van der Waals surface area contributed by atoms with Gasteiger partial charge in [-0.25, -0.2) is 8.42 Å². The van der Waals surface area contributed by atoms with Crippen molar-refractivity contribution < 1.29 is 17.9 Å². The second-order valence-electron chi connectivity index (χ2n) is 6.21.